The fourth-order valence-corrected chi connectivity index (χ4v) is 7.92. The van der Waals surface area contributed by atoms with Crippen molar-refractivity contribution in [2.45, 2.75) is 74.2 Å². The molecule has 4 fully saturated rings. The van der Waals surface area contributed by atoms with Gasteiger partial charge in [-0.3, -0.25) is 4.79 Å². The third-order valence-electron chi connectivity index (χ3n) is 7.17. The Balaban J connectivity index is 1.41. The Morgan fingerprint density at radius 2 is 1.84 bits per heavy atom. The quantitative estimate of drug-likeness (QED) is 0.652. The molecule has 4 aliphatic heterocycles. The van der Waals surface area contributed by atoms with E-state index in [1.54, 1.807) is 28.6 Å². The third-order valence-corrected chi connectivity index (χ3v) is 9.19. The lowest BCUT2D eigenvalue weighted by atomic mass is 9.69. The van der Waals surface area contributed by atoms with E-state index in [0.29, 0.717) is 25.1 Å². The zero-order valence-corrected chi connectivity index (χ0v) is 18.3. The summed E-state index contributed by atoms with van der Waals surface area (Å²) < 4.78 is 34.5. The van der Waals surface area contributed by atoms with Crippen LogP contribution in [0, 0.1) is 5.92 Å². The van der Waals surface area contributed by atoms with E-state index < -0.39 is 15.6 Å². The zero-order chi connectivity index (χ0) is 21.8. The Bertz CT molecular complexity index is 982. The summed E-state index contributed by atoms with van der Waals surface area (Å²) in [6, 6.07) is 5.77. The predicted octanol–water partition coefficient (Wildman–Crippen LogP) is 1.76. The minimum Gasteiger partial charge on any atom is -0.358 e. The topological polar surface area (TPSA) is 117 Å². The second-order valence-corrected chi connectivity index (χ2v) is 11.0. The van der Waals surface area contributed by atoms with Crippen molar-refractivity contribution in [2.75, 3.05) is 11.9 Å². The number of urea groups is 1. The second kappa shape index (κ2) is 7.46. The molecule has 3 N–H and O–H groups in total. The van der Waals surface area contributed by atoms with Gasteiger partial charge in [0.2, 0.25) is 15.9 Å². The fourth-order valence-electron chi connectivity index (χ4n) is 6.05. The molecule has 0 saturated carbocycles. The highest BCUT2D eigenvalue weighted by atomic mass is 32.2. The SMILES string of the molecule is CC(=O)Nc1ccc(S(=O)(=O)N2C3CCC2CC2(C3)NC(=O)N[C@H]3OCCC[C@H]32)cc1. The molecule has 10 heteroatoms. The summed E-state index contributed by atoms with van der Waals surface area (Å²) in [5, 5.41) is 8.73. The van der Waals surface area contributed by atoms with E-state index in [9.17, 15) is 18.0 Å². The minimum absolute atomic E-state index is 0.142. The number of amides is 3. The van der Waals surface area contributed by atoms with Gasteiger partial charge >= 0.3 is 6.03 Å². The maximum absolute atomic E-state index is 13.5. The summed E-state index contributed by atoms with van der Waals surface area (Å²) in [7, 11) is -3.68. The first-order chi connectivity index (χ1) is 14.8. The lowest BCUT2D eigenvalue weighted by Gasteiger charge is -2.55. The molecule has 1 aromatic carbocycles. The third kappa shape index (κ3) is 3.50. The molecule has 2 unspecified atom stereocenters. The normalized spacial score (nSPS) is 35.2. The molecule has 0 aromatic heterocycles. The lowest BCUT2D eigenvalue weighted by molar-refractivity contribution is -0.114. The van der Waals surface area contributed by atoms with Crippen molar-refractivity contribution < 1.29 is 22.7 Å². The molecule has 3 amide bonds. The van der Waals surface area contributed by atoms with E-state index >= 15 is 0 Å². The standard InChI is InChI=1S/C21H28N4O5S/c1-13(26)22-14-4-8-17(9-5-14)31(28,29)25-15-6-7-16(25)12-21(11-15)18-3-2-10-30-19(18)23-20(27)24-21/h4-5,8-9,15-16,18-19H,2-3,6-7,10-12H2,1H3,(H,22,26)(H2,23,24,27)/t15?,16?,18-,19+,21?/m1/s1. The van der Waals surface area contributed by atoms with Crippen LogP contribution >= 0.6 is 0 Å². The number of piperidine rings is 1. The molecule has 4 saturated heterocycles. The summed E-state index contributed by atoms with van der Waals surface area (Å²) in [6.45, 7) is 2.05. The number of ether oxygens (including phenoxy) is 1. The summed E-state index contributed by atoms with van der Waals surface area (Å²) in [6.07, 6.45) is 4.38. The first kappa shape index (κ1) is 20.7. The lowest BCUT2D eigenvalue weighted by Crippen LogP contribution is -2.73. The van der Waals surface area contributed by atoms with Crippen LogP contribution in [0.25, 0.3) is 0 Å². The van der Waals surface area contributed by atoms with Crippen molar-refractivity contribution in [3.05, 3.63) is 24.3 Å². The number of anilines is 1. The van der Waals surface area contributed by atoms with Crippen molar-refractivity contribution in [1.29, 1.82) is 0 Å². The number of fused-ring (bicyclic) bond motifs is 4. The van der Waals surface area contributed by atoms with E-state index in [2.05, 4.69) is 16.0 Å². The van der Waals surface area contributed by atoms with Crippen molar-refractivity contribution in [3.8, 4) is 0 Å². The smallest absolute Gasteiger partial charge is 0.317 e. The maximum atomic E-state index is 13.5. The van der Waals surface area contributed by atoms with E-state index in [1.165, 1.54) is 6.92 Å². The van der Waals surface area contributed by atoms with Gasteiger partial charge in [0.05, 0.1) is 10.4 Å². The van der Waals surface area contributed by atoms with E-state index in [4.69, 9.17) is 4.74 Å². The van der Waals surface area contributed by atoms with Crippen LogP contribution in [-0.4, -0.2) is 55.1 Å². The number of benzene rings is 1. The van der Waals surface area contributed by atoms with Crippen LogP contribution in [0.5, 0.6) is 0 Å². The Hall–Kier alpha value is -2.17. The minimum atomic E-state index is -3.68. The highest BCUT2D eigenvalue weighted by molar-refractivity contribution is 7.89. The molecular formula is C21H28N4O5S. The average Bonchev–Trinajstić information content (AvgIpc) is 3.01. The monoisotopic (exact) mass is 448 g/mol. The highest BCUT2D eigenvalue weighted by Gasteiger charge is 2.59. The molecule has 168 valence electrons. The Morgan fingerprint density at radius 3 is 2.48 bits per heavy atom. The van der Waals surface area contributed by atoms with Gasteiger partial charge in [-0.2, -0.15) is 4.31 Å². The first-order valence-electron chi connectivity index (χ1n) is 10.9. The second-order valence-electron chi connectivity index (χ2n) is 9.13. The number of carbonyl (C=O) groups is 2. The summed E-state index contributed by atoms with van der Waals surface area (Å²) in [5.74, 6) is -0.0622. The van der Waals surface area contributed by atoms with Crippen molar-refractivity contribution in [2.24, 2.45) is 5.92 Å². The first-order valence-corrected chi connectivity index (χ1v) is 12.3. The molecule has 1 aromatic rings. The number of hydrogen-bond donors (Lipinski definition) is 3. The molecular weight excluding hydrogens is 420 g/mol. The van der Waals surface area contributed by atoms with Gasteiger partial charge in [0, 0.05) is 37.2 Å². The molecule has 5 rings (SSSR count). The summed E-state index contributed by atoms with van der Waals surface area (Å²) in [4.78, 5) is 23.8. The molecule has 2 bridgehead atoms. The van der Waals surface area contributed by atoms with Crippen molar-refractivity contribution in [1.82, 2.24) is 14.9 Å². The van der Waals surface area contributed by atoms with E-state index in [1.807, 2.05) is 0 Å². The van der Waals surface area contributed by atoms with Crippen LogP contribution in [0.3, 0.4) is 0 Å². The van der Waals surface area contributed by atoms with Gasteiger partial charge < -0.3 is 20.7 Å². The van der Waals surface area contributed by atoms with Gasteiger partial charge in [-0.1, -0.05) is 0 Å². The summed E-state index contributed by atoms with van der Waals surface area (Å²) in [5.41, 5.74) is 0.133. The van der Waals surface area contributed by atoms with Gasteiger partial charge in [0.25, 0.3) is 0 Å². The largest absolute Gasteiger partial charge is 0.358 e. The number of nitrogens with one attached hydrogen (secondary N) is 3. The Morgan fingerprint density at radius 1 is 1.16 bits per heavy atom. The maximum Gasteiger partial charge on any atom is 0.317 e. The molecule has 0 radical (unpaired) electrons. The van der Waals surface area contributed by atoms with Gasteiger partial charge in [0.1, 0.15) is 6.23 Å². The Kier molecular flexibility index (Phi) is 4.98. The molecule has 9 nitrogen and oxygen atoms in total. The Labute approximate surface area is 181 Å². The highest BCUT2D eigenvalue weighted by Crippen LogP contribution is 2.49. The van der Waals surface area contributed by atoms with Crippen molar-refractivity contribution in [3.63, 3.8) is 0 Å². The molecule has 31 heavy (non-hydrogen) atoms. The molecule has 0 aliphatic carbocycles. The molecule has 4 aliphatic rings. The van der Waals surface area contributed by atoms with Crippen LogP contribution in [0.2, 0.25) is 0 Å². The van der Waals surface area contributed by atoms with Crippen LogP contribution in [0.4, 0.5) is 10.5 Å². The van der Waals surface area contributed by atoms with Crippen LogP contribution in [0.1, 0.15) is 45.4 Å². The number of rotatable bonds is 3. The number of hydrogen-bond acceptors (Lipinski definition) is 5. The fraction of sp³-hybridized carbons (Fsp3) is 0.619. The summed E-state index contributed by atoms with van der Waals surface area (Å²) >= 11 is 0. The number of carbonyl (C=O) groups excluding carboxylic acids is 2. The average molecular weight is 449 g/mol. The van der Waals surface area contributed by atoms with Gasteiger partial charge in [0.15, 0.2) is 0 Å². The van der Waals surface area contributed by atoms with Crippen LogP contribution in [-0.2, 0) is 19.6 Å². The number of sulfonamides is 1. The van der Waals surface area contributed by atoms with E-state index in [-0.39, 0.29) is 41.1 Å². The van der Waals surface area contributed by atoms with Crippen LogP contribution in [0.15, 0.2) is 29.2 Å². The molecule has 4 atom stereocenters. The number of nitrogens with zero attached hydrogens (tertiary/aromatic N) is 1. The van der Waals surface area contributed by atoms with Crippen molar-refractivity contribution >= 4 is 27.6 Å². The molecule has 4 heterocycles. The molecule has 1 spiro atoms. The predicted molar refractivity (Wildman–Crippen MR) is 113 cm³/mol. The van der Waals surface area contributed by atoms with Gasteiger partial charge in [-0.25, -0.2) is 13.2 Å². The van der Waals surface area contributed by atoms with E-state index in [0.717, 1.165) is 25.7 Å². The van der Waals surface area contributed by atoms with Crippen LogP contribution < -0.4 is 16.0 Å². The van der Waals surface area contributed by atoms with Gasteiger partial charge in [-0.15, -0.1) is 0 Å². The zero-order valence-electron chi connectivity index (χ0n) is 17.5. The van der Waals surface area contributed by atoms with Gasteiger partial charge in [-0.05, 0) is 62.8 Å².